The standard InChI is InChI=1S/C12H10BBrN4/c14-12-5-3-11(4-6-12)13(17-9-1-7-15-17)18-10-2-8-16-18/h1-10H. The van der Waals surface area contributed by atoms with Crippen LogP contribution in [0.25, 0.3) is 0 Å². The number of benzene rings is 1. The molecule has 0 aliphatic heterocycles. The first-order valence-corrected chi connectivity index (χ1v) is 6.37. The zero-order chi connectivity index (χ0) is 12.4. The SMILES string of the molecule is Brc1ccc(B(n2cccn2)n2cccn2)cc1. The Morgan fingerprint density at radius 3 is 1.89 bits per heavy atom. The summed E-state index contributed by atoms with van der Waals surface area (Å²) in [5.41, 5.74) is 1.13. The number of nitrogens with zero attached hydrogens (tertiary/aromatic N) is 4. The lowest BCUT2D eigenvalue weighted by Gasteiger charge is -2.14. The molecule has 0 bridgehead atoms. The van der Waals surface area contributed by atoms with Crippen molar-refractivity contribution in [3.8, 4) is 0 Å². The van der Waals surface area contributed by atoms with Crippen LogP contribution in [0.15, 0.2) is 65.7 Å². The van der Waals surface area contributed by atoms with Gasteiger partial charge in [-0.3, -0.25) is 9.19 Å². The van der Waals surface area contributed by atoms with E-state index in [1.165, 1.54) is 0 Å². The Hall–Kier alpha value is -1.82. The highest BCUT2D eigenvalue weighted by atomic mass is 79.9. The summed E-state index contributed by atoms with van der Waals surface area (Å²) < 4.78 is 4.83. The third kappa shape index (κ3) is 2.11. The van der Waals surface area contributed by atoms with Gasteiger partial charge in [-0.15, -0.1) is 0 Å². The Labute approximate surface area is 113 Å². The minimum absolute atomic E-state index is 0.0527. The van der Waals surface area contributed by atoms with E-state index in [1.807, 2.05) is 45.8 Å². The molecule has 0 saturated heterocycles. The molecule has 3 aromatic rings. The molecule has 1 aromatic carbocycles. The van der Waals surface area contributed by atoms with Gasteiger partial charge in [0.05, 0.1) is 0 Å². The maximum Gasteiger partial charge on any atom is 0.453 e. The van der Waals surface area contributed by atoms with Gasteiger partial charge in [-0.1, -0.05) is 28.1 Å². The average molecular weight is 301 g/mol. The normalized spacial score (nSPS) is 10.5. The second kappa shape index (κ2) is 4.82. The van der Waals surface area contributed by atoms with E-state index in [4.69, 9.17) is 0 Å². The molecular weight excluding hydrogens is 291 g/mol. The number of hydrogen-bond acceptors (Lipinski definition) is 2. The first-order valence-electron chi connectivity index (χ1n) is 5.58. The fourth-order valence-electron chi connectivity index (χ4n) is 1.91. The van der Waals surface area contributed by atoms with Crippen LogP contribution < -0.4 is 5.46 Å². The van der Waals surface area contributed by atoms with Crippen LogP contribution in [-0.4, -0.2) is 26.4 Å². The molecule has 2 aromatic heterocycles. The quantitative estimate of drug-likeness (QED) is 0.689. The zero-order valence-electron chi connectivity index (χ0n) is 9.52. The highest BCUT2D eigenvalue weighted by Crippen LogP contribution is 2.06. The van der Waals surface area contributed by atoms with Gasteiger partial charge in [0.1, 0.15) is 0 Å². The zero-order valence-corrected chi connectivity index (χ0v) is 11.1. The van der Waals surface area contributed by atoms with E-state index >= 15 is 0 Å². The van der Waals surface area contributed by atoms with E-state index in [0.717, 1.165) is 9.94 Å². The summed E-state index contributed by atoms with van der Waals surface area (Å²) in [5.74, 6) is 0. The summed E-state index contributed by atoms with van der Waals surface area (Å²) in [6.07, 6.45) is 7.42. The van der Waals surface area contributed by atoms with Gasteiger partial charge < -0.3 is 0 Å². The lowest BCUT2D eigenvalue weighted by atomic mass is 9.68. The average Bonchev–Trinajstić information content (AvgIpc) is 3.06. The Kier molecular flexibility index (Phi) is 3.02. The molecule has 6 heteroatoms. The predicted molar refractivity (Wildman–Crippen MR) is 74.8 cm³/mol. The molecule has 0 aliphatic carbocycles. The second-order valence-corrected chi connectivity index (χ2v) is 4.81. The molecule has 0 saturated carbocycles. The van der Waals surface area contributed by atoms with Crippen molar-refractivity contribution in [3.05, 3.63) is 65.7 Å². The molecule has 3 rings (SSSR count). The Morgan fingerprint density at radius 2 is 1.44 bits per heavy atom. The van der Waals surface area contributed by atoms with E-state index < -0.39 is 0 Å². The van der Waals surface area contributed by atoms with Gasteiger partial charge in [0.25, 0.3) is 0 Å². The summed E-state index contributed by atoms with van der Waals surface area (Å²) in [7, 11) is 0. The van der Waals surface area contributed by atoms with Crippen molar-refractivity contribution in [1.29, 1.82) is 0 Å². The van der Waals surface area contributed by atoms with Crippen molar-refractivity contribution < 1.29 is 0 Å². The maximum absolute atomic E-state index is 4.32. The molecule has 4 nitrogen and oxygen atoms in total. The molecular formula is C12H10BBrN4. The predicted octanol–water partition coefficient (Wildman–Crippen LogP) is 1.63. The molecule has 0 radical (unpaired) electrons. The molecule has 88 valence electrons. The Morgan fingerprint density at radius 1 is 0.889 bits per heavy atom. The van der Waals surface area contributed by atoms with Gasteiger partial charge in [0, 0.05) is 29.3 Å². The van der Waals surface area contributed by atoms with Crippen molar-refractivity contribution in [2.45, 2.75) is 0 Å². The van der Waals surface area contributed by atoms with E-state index in [9.17, 15) is 0 Å². The Bertz CT molecular complexity index is 570. The van der Waals surface area contributed by atoms with Crippen LogP contribution in [-0.2, 0) is 0 Å². The molecule has 0 unspecified atom stereocenters. The summed E-state index contributed by atoms with van der Waals surface area (Å²) in [6.45, 7) is -0.0527. The first kappa shape index (κ1) is 11.3. The summed E-state index contributed by atoms with van der Waals surface area (Å²) in [5, 5.41) is 8.63. The smallest absolute Gasteiger partial charge is 0.286 e. The number of hydrogen-bond donors (Lipinski definition) is 0. The van der Waals surface area contributed by atoms with Crippen LogP contribution in [0.4, 0.5) is 0 Å². The van der Waals surface area contributed by atoms with Crippen molar-refractivity contribution in [3.63, 3.8) is 0 Å². The number of aromatic nitrogens is 4. The lowest BCUT2D eigenvalue weighted by molar-refractivity contribution is 0.865. The fraction of sp³-hybridized carbons (Fsp3) is 0. The van der Waals surface area contributed by atoms with Crippen LogP contribution >= 0.6 is 15.9 Å². The monoisotopic (exact) mass is 300 g/mol. The molecule has 0 atom stereocenters. The lowest BCUT2D eigenvalue weighted by Crippen LogP contribution is -2.45. The third-order valence-electron chi connectivity index (χ3n) is 2.72. The van der Waals surface area contributed by atoms with Crippen LogP contribution in [0.1, 0.15) is 0 Å². The van der Waals surface area contributed by atoms with Gasteiger partial charge in [-0.25, -0.2) is 0 Å². The molecule has 0 N–H and O–H groups in total. The van der Waals surface area contributed by atoms with Crippen LogP contribution in [0, 0.1) is 0 Å². The van der Waals surface area contributed by atoms with E-state index in [0.29, 0.717) is 0 Å². The largest absolute Gasteiger partial charge is 0.453 e. The van der Waals surface area contributed by atoms with Crippen molar-refractivity contribution >= 4 is 28.4 Å². The first-order chi connectivity index (χ1) is 8.84. The second-order valence-electron chi connectivity index (χ2n) is 3.90. The molecule has 0 fully saturated rings. The van der Waals surface area contributed by atoms with Crippen LogP contribution in [0.5, 0.6) is 0 Å². The van der Waals surface area contributed by atoms with Gasteiger partial charge in [-0.2, -0.15) is 10.2 Å². The number of halogens is 1. The molecule has 0 aliphatic rings. The third-order valence-corrected chi connectivity index (χ3v) is 3.25. The van der Waals surface area contributed by atoms with E-state index in [1.54, 1.807) is 12.4 Å². The summed E-state index contributed by atoms with van der Waals surface area (Å²) in [4.78, 5) is 0. The van der Waals surface area contributed by atoms with Crippen LogP contribution in [0.2, 0.25) is 0 Å². The maximum atomic E-state index is 4.32. The van der Waals surface area contributed by atoms with Crippen molar-refractivity contribution in [2.75, 3.05) is 0 Å². The van der Waals surface area contributed by atoms with Gasteiger partial charge in [0.2, 0.25) is 0 Å². The van der Waals surface area contributed by atoms with Gasteiger partial charge >= 0.3 is 6.98 Å². The summed E-state index contributed by atoms with van der Waals surface area (Å²) in [6, 6.07) is 12.0. The number of rotatable bonds is 3. The topological polar surface area (TPSA) is 35.6 Å². The molecule has 2 heterocycles. The minimum atomic E-state index is -0.0527. The minimum Gasteiger partial charge on any atom is -0.286 e. The molecule has 0 spiro atoms. The molecule has 18 heavy (non-hydrogen) atoms. The highest BCUT2D eigenvalue weighted by Gasteiger charge is 2.23. The van der Waals surface area contributed by atoms with Crippen LogP contribution in [0.3, 0.4) is 0 Å². The van der Waals surface area contributed by atoms with Gasteiger partial charge in [-0.05, 0) is 29.7 Å². The summed E-state index contributed by atoms with van der Waals surface area (Å²) >= 11 is 3.45. The van der Waals surface area contributed by atoms with Gasteiger partial charge in [0.15, 0.2) is 0 Å². The molecule has 0 amide bonds. The fourth-order valence-corrected chi connectivity index (χ4v) is 2.18. The highest BCUT2D eigenvalue weighted by molar-refractivity contribution is 9.10. The van der Waals surface area contributed by atoms with E-state index in [2.05, 4.69) is 38.3 Å². The van der Waals surface area contributed by atoms with Crippen molar-refractivity contribution in [1.82, 2.24) is 19.4 Å². The Balaban J connectivity index is 2.08. The van der Waals surface area contributed by atoms with E-state index in [-0.39, 0.29) is 6.98 Å². The van der Waals surface area contributed by atoms with Crippen molar-refractivity contribution in [2.24, 2.45) is 0 Å².